The minimum absolute atomic E-state index is 0.00487. The Hall–Kier alpha value is -4.96. The van der Waals surface area contributed by atoms with E-state index in [9.17, 15) is 0 Å². The van der Waals surface area contributed by atoms with Crippen molar-refractivity contribution in [2.75, 3.05) is 9.80 Å². The number of aryl methyl sites for hydroxylation is 1. The minimum atomic E-state index is -0.0854. The van der Waals surface area contributed by atoms with Crippen LogP contribution in [0, 0.1) is 29.6 Å². The molecule has 3 nitrogen and oxygen atoms in total. The molecule has 0 N–H and O–H groups in total. The van der Waals surface area contributed by atoms with Crippen LogP contribution >= 0.6 is 0 Å². The first-order valence-electron chi connectivity index (χ1n) is 26.2. The summed E-state index contributed by atoms with van der Waals surface area (Å²) in [5.74, 6) is 0.673. The van der Waals surface area contributed by atoms with Gasteiger partial charge in [-0.25, -0.2) is 0 Å². The third-order valence-corrected chi connectivity index (χ3v) is 18.0. The second-order valence-corrected chi connectivity index (χ2v) is 26.8. The molecule has 4 atom stereocenters. The van der Waals surface area contributed by atoms with Crippen molar-refractivity contribution < 1.29 is 4.74 Å². The summed E-state index contributed by atoms with van der Waals surface area (Å²) in [5, 5.41) is 0. The summed E-state index contributed by atoms with van der Waals surface area (Å²) in [4.78, 5) is 5.37. The molecule has 0 bridgehead atoms. The van der Waals surface area contributed by atoms with Gasteiger partial charge >= 0.3 is 0 Å². The molecule has 3 aliphatic heterocycles. The predicted molar refractivity (Wildman–Crippen MR) is 291 cm³/mol. The molecule has 3 heterocycles. The van der Waals surface area contributed by atoms with Crippen LogP contribution in [0.2, 0.25) is 0 Å². The zero-order valence-electron chi connectivity index (χ0n) is 44.3. The lowest BCUT2D eigenvalue weighted by atomic mass is 9.35. The first kappa shape index (κ1) is 45.5. The fourth-order valence-corrected chi connectivity index (χ4v) is 13.4. The molecule has 0 radical (unpaired) electrons. The van der Waals surface area contributed by atoms with Crippen molar-refractivity contribution in [1.82, 2.24) is 0 Å². The SMILES string of the molecule is Cc1cc2c3c(c1)N(c1ccc(C(C)(C)C)cc1C1C=CC=CC1C)c1ccc(C(C)(C)C)cc1B3C1=C(C3C=C4C(=CC3O1)C(C)(C)CCC4(C)C)N2c1ccc2c(c1)C(C)(C)CCC2(C)C. The maximum Gasteiger partial charge on any atom is 0.296 e. The van der Waals surface area contributed by atoms with Gasteiger partial charge in [-0.2, -0.15) is 0 Å². The number of allylic oxidation sites excluding steroid dienone is 6. The zero-order chi connectivity index (χ0) is 48.4. The van der Waals surface area contributed by atoms with Gasteiger partial charge in [-0.1, -0.05) is 165 Å². The van der Waals surface area contributed by atoms with Gasteiger partial charge in [-0.15, -0.1) is 0 Å². The van der Waals surface area contributed by atoms with E-state index in [0.717, 1.165) is 5.66 Å². The van der Waals surface area contributed by atoms with Gasteiger partial charge in [0.15, 0.2) is 0 Å². The minimum Gasteiger partial charge on any atom is -0.497 e. The molecule has 0 saturated heterocycles. The Balaban J connectivity index is 1.23. The summed E-state index contributed by atoms with van der Waals surface area (Å²) in [5.41, 5.74) is 23.1. The normalized spacial score (nSPS) is 25.6. The molecule has 4 aromatic carbocycles. The average molecular weight is 901 g/mol. The lowest BCUT2D eigenvalue weighted by Gasteiger charge is -2.47. The number of rotatable bonds is 3. The molecule has 352 valence electrons. The van der Waals surface area contributed by atoms with Gasteiger partial charge in [0, 0.05) is 34.4 Å². The van der Waals surface area contributed by atoms with E-state index in [-0.39, 0.29) is 57.1 Å². The van der Waals surface area contributed by atoms with E-state index in [0.29, 0.717) is 5.92 Å². The van der Waals surface area contributed by atoms with Crippen LogP contribution in [-0.4, -0.2) is 12.8 Å². The molecule has 4 aromatic rings. The summed E-state index contributed by atoms with van der Waals surface area (Å²) in [6.07, 6.45) is 19.2. The van der Waals surface area contributed by atoms with Crippen LogP contribution in [0.25, 0.3) is 0 Å². The lowest BCUT2D eigenvalue weighted by Crippen LogP contribution is -2.56. The van der Waals surface area contributed by atoms with Crippen molar-refractivity contribution >= 4 is 46.1 Å². The molecule has 0 aromatic heterocycles. The summed E-state index contributed by atoms with van der Waals surface area (Å²) in [6.45, 7) is 38.5. The van der Waals surface area contributed by atoms with E-state index < -0.39 is 0 Å². The number of anilines is 5. The van der Waals surface area contributed by atoms with Crippen molar-refractivity contribution in [3.8, 4) is 0 Å². The lowest BCUT2D eigenvalue weighted by molar-refractivity contribution is 0.168. The molecule has 68 heavy (non-hydrogen) atoms. The van der Waals surface area contributed by atoms with E-state index in [2.05, 4.69) is 224 Å². The molecule has 4 aliphatic carbocycles. The molecule has 4 heteroatoms. The Morgan fingerprint density at radius 3 is 1.79 bits per heavy atom. The fraction of sp³-hybridized carbons (Fsp3) is 0.469. The molecule has 1 saturated carbocycles. The van der Waals surface area contributed by atoms with Crippen molar-refractivity contribution in [3.63, 3.8) is 0 Å². The third kappa shape index (κ3) is 6.87. The van der Waals surface area contributed by atoms with Gasteiger partial charge in [0.1, 0.15) is 6.10 Å². The van der Waals surface area contributed by atoms with Crippen LogP contribution in [0.4, 0.5) is 28.4 Å². The van der Waals surface area contributed by atoms with Crippen LogP contribution < -0.4 is 20.7 Å². The number of hydrogen-bond donors (Lipinski definition) is 0. The Labute approximate surface area is 410 Å². The standard InChI is InChI=1S/C64H77BN2O/c1-38-31-53-56-54(32-38)67(51-25-21-40(59(3,4)5)33-44(51)43-20-18-17-19-39(43)2)52-26-22-41(60(6,7)8)34-50(52)65(56)58-57(45-36-48-49(37-55(45)68-58)64(15,16)30-29-63(48,13)14)66(53)42-23-24-46-47(35-42)62(11,12)28-27-61(46,9)10/h17-26,31-37,39,43,45,55H,27-30H2,1-16H3. The van der Waals surface area contributed by atoms with Crippen LogP contribution in [0.1, 0.15) is 169 Å². The van der Waals surface area contributed by atoms with Gasteiger partial charge in [0.2, 0.25) is 0 Å². The van der Waals surface area contributed by atoms with E-state index >= 15 is 0 Å². The highest BCUT2D eigenvalue weighted by Gasteiger charge is 2.55. The first-order valence-corrected chi connectivity index (χ1v) is 26.2. The highest BCUT2D eigenvalue weighted by molar-refractivity contribution is 6.94. The van der Waals surface area contributed by atoms with Crippen LogP contribution in [0.15, 0.2) is 126 Å². The number of ether oxygens (including phenoxy) is 1. The van der Waals surface area contributed by atoms with Gasteiger partial charge in [-0.05, 0) is 169 Å². The average Bonchev–Trinajstić information content (AvgIpc) is 3.64. The Bertz CT molecular complexity index is 2970. The van der Waals surface area contributed by atoms with Crippen molar-refractivity contribution in [1.29, 1.82) is 0 Å². The number of benzene rings is 4. The summed E-state index contributed by atoms with van der Waals surface area (Å²) >= 11 is 0. The van der Waals surface area contributed by atoms with Crippen LogP contribution in [0.5, 0.6) is 0 Å². The van der Waals surface area contributed by atoms with Gasteiger partial charge < -0.3 is 14.5 Å². The number of hydrogen-bond acceptors (Lipinski definition) is 3. The molecule has 0 amide bonds. The quantitative estimate of drug-likeness (QED) is 0.191. The molecule has 7 aliphatic rings. The van der Waals surface area contributed by atoms with Gasteiger partial charge in [-0.3, -0.25) is 0 Å². The predicted octanol–water partition coefficient (Wildman–Crippen LogP) is 15.8. The van der Waals surface area contributed by atoms with Gasteiger partial charge in [0.05, 0.1) is 17.3 Å². The molecule has 11 rings (SSSR count). The van der Waals surface area contributed by atoms with Crippen molar-refractivity contribution in [2.45, 2.75) is 170 Å². The number of nitrogens with zero attached hydrogens (tertiary/aromatic N) is 2. The number of fused-ring (bicyclic) bond motifs is 7. The summed E-state index contributed by atoms with van der Waals surface area (Å²) < 4.78 is 7.79. The van der Waals surface area contributed by atoms with Crippen LogP contribution in [-0.2, 0) is 26.4 Å². The van der Waals surface area contributed by atoms with Crippen molar-refractivity contribution in [3.05, 3.63) is 159 Å². The monoisotopic (exact) mass is 901 g/mol. The Kier molecular flexibility index (Phi) is 9.89. The third-order valence-electron chi connectivity index (χ3n) is 18.0. The molecular formula is C64H77BN2O. The van der Waals surface area contributed by atoms with Gasteiger partial charge in [0.25, 0.3) is 6.71 Å². The topological polar surface area (TPSA) is 15.7 Å². The first-order chi connectivity index (χ1) is 31.8. The van der Waals surface area contributed by atoms with E-state index in [1.807, 2.05) is 0 Å². The van der Waals surface area contributed by atoms with Crippen LogP contribution in [0.3, 0.4) is 0 Å². The second kappa shape index (κ2) is 14.8. The highest BCUT2D eigenvalue weighted by Crippen LogP contribution is 2.59. The second-order valence-electron chi connectivity index (χ2n) is 26.8. The van der Waals surface area contributed by atoms with E-state index in [1.54, 1.807) is 0 Å². The summed E-state index contributed by atoms with van der Waals surface area (Å²) in [7, 11) is 0. The zero-order valence-corrected chi connectivity index (χ0v) is 44.3. The van der Waals surface area contributed by atoms with E-state index in [1.165, 1.54) is 115 Å². The molecule has 0 spiro atoms. The molecule has 1 fully saturated rings. The maximum atomic E-state index is 7.79. The largest absolute Gasteiger partial charge is 0.497 e. The molecular weight excluding hydrogens is 824 g/mol. The fourth-order valence-electron chi connectivity index (χ4n) is 13.4. The summed E-state index contributed by atoms with van der Waals surface area (Å²) in [6, 6.07) is 27.4. The highest BCUT2D eigenvalue weighted by atomic mass is 16.5. The Morgan fingerprint density at radius 2 is 1.15 bits per heavy atom. The van der Waals surface area contributed by atoms with Crippen molar-refractivity contribution in [2.24, 2.45) is 22.7 Å². The molecule has 4 unspecified atom stereocenters. The Morgan fingerprint density at radius 1 is 0.574 bits per heavy atom. The van der Waals surface area contributed by atoms with E-state index in [4.69, 9.17) is 4.74 Å². The maximum absolute atomic E-state index is 7.79. The smallest absolute Gasteiger partial charge is 0.296 e.